The summed E-state index contributed by atoms with van der Waals surface area (Å²) in [6, 6.07) is 15.7. The molecular weight excluding hydrogens is 419 g/mol. The quantitative estimate of drug-likeness (QED) is 0.344. The lowest BCUT2D eigenvalue weighted by atomic mass is 9.85. The molecule has 0 aliphatic carbocycles. The first-order chi connectivity index (χ1) is 15.7. The van der Waals surface area contributed by atoms with Crippen molar-refractivity contribution >= 4 is 17.4 Å². The molecule has 5 nitrogen and oxygen atoms in total. The number of aliphatic hydroxyl groups is 1. The lowest BCUT2D eigenvalue weighted by molar-refractivity contribution is -0.140. The number of halogens is 1. The summed E-state index contributed by atoms with van der Waals surface area (Å²) < 4.78 is 13.4. The van der Waals surface area contributed by atoms with Crippen molar-refractivity contribution < 1.29 is 19.1 Å². The second-order valence-corrected chi connectivity index (χ2v) is 9.17. The minimum atomic E-state index is -0.788. The second kappa shape index (κ2) is 8.62. The Morgan fingerprint density at radius 2 is 1.70 bits per heavy atom. The number of hydrogen-bond donors (Lipinski definition) is 1. The van der Waals surface area contributed by atoms with Gasteiger partial charge in [0.25, 0.3) is 11.7 Å². The van der Waals surface area contributed by atoms with Crippen molar-refractivity contribution in [1.29, 1.82) is 0 Å². The summed E-state index contributed by atoms with van der Waals surface area (Å²) in [5.74, 6) is -2.26. The van der Waals surface area contributed by atoms with Crippen molar-refractivity contribution in [3.05, 3.63) is 107 Å². The van der Waals surface area contributed by atoms with Crippen molar-refractivity contribution in [1.82, 2.24) is 9.88 Å². The molecule has 0 saturated carbocycles. The summed E-state index contributed by atoms with van der Waals surface area (Å²) in [6.07, 6.45) is 3.27. The van der Waals surface area contributed by atoms with Crippen molar-refractivity contribution in [3.8, 4) is 0 Å². The number of likely N-dealkylation sites (tertiary alicyclic amines) is 1. The fourth-order valence-corrected chi connectivity index (χ4v) is 4.01. The average Bonchev–Trinajstić information content (AvgIpc) is 3.04. The third-order valence-corrected chi connectivity index (χ3v) is 5.83. The largest absolute Gasteiger partial charge is 0.507 e. The van der Waals surface area contributed by atoms with E-state index in [1.165, 1.54) is 29.2 Å². The van der Waals surface area contributed by atoms with Crippen molar-refractivity contribution in [2.24, 2.45) is 0 Å². The van der Waals surface area contributed by atoms with E-state index >= 15 is 0 Å². The standard InChI is InChI=1S/C27H25FN2O3/c1-27(2,3)20-10-6-18(7-11-20)23-22(24(31)19-8-12-21(28)13-9-19)25(32)26(33)30(23)16-17-5-4-14-29-15-17/h4-15,23,31H,16H2,1-3H3/t23-/m1/s1. The molecule has 1 aliphatic rings. The summed E-state index contributed by atoms with van der Waals surface area (Å²) >= 11 is 0. The Hall–Kier alpha value is -3.80. The summed E-state index contributed by atoms with van der Waals surface area (Å²) in [5, 5.41) is 11.0. The van der Waals surface area contributed by atoms with Crippen LogP contribution in [-0.2, 0) is 21.5 Å². The van der Waals surface area contributed by atoms with E-state index in [1.54, 1.807) is 18.5 Å². The lowest BCUT2D eigenvalue weighted by Gasteiger charge is -2.26. The molecule has 1 aromatic heterocycles. The van der Waals surface area contributed by atoms with Crippen LogP contribution in [0.15, 0.2) is 78.6 Å². The topological polar surface area (TPSA) is 70.5 Å². The number of carbonyl (C=O) groups is 2. The van der Waals surface area contributed by atoms with Gasteiger partial charge in [-0.05, 0) is 52.4 Å². The Morgan fingerprint density at radius 1 is 1.03 bits per heavy atom. The molecule has 4 rings (SSSR count). The van der Waals surface area contributed by atoms with Gasteiger partial charge in [-0.25, -0.2) is 4.39 Å². The molecule has 2 heterocycles. The van der Waals surface area contributed by atoms with Crippen LogP contribution in [0, 0.1) is 5.82 Å². The summed E-state index contributed by atoms with van der Waals surface area (Å²) in [5.41, 5.74) is 2.76. The number of ketones is 1. The highest BCUT2D eigenvalue weighted by molar-refractivity contribution is 6.46. The number of nitrogens with zero attached hydrogens (tertiary/aromatic N) is 2. The maximum atomic E-state index is 13.4. The molecule has 0 bridgehead atoms. The van der Waals surface area contributed by atoms with Crippen LogP contribution in [0.2, 0.25) is 0 Å². The third-order valence-electron chi connectivity index (χ3n) is 5.83. The lowest BCUT2D eigenvalue weighted by Crippen LogP contribution is -2.29. The number of pyridine rings is 1. The van der Waals surface area contributed by atoms with Gasteiger partial charge in [0.05, 0.1) is 11.6 Å². The zero-order valence-electron chi connectivity index (χ0n) is 18.7. The van der Waals surface area contributed by atoms with E-state index in [2.05, 4.69) is 25.8 Å². The molecule has 1 aliphatic heterocycles. The molecule has 1 fully saturated rings. The maximum Gasteiger partial charge on any atom is 0.295 e. The minimum absolute atomic E-state index is 0.0148. The van der Waals surface area contributed by atoms with E-state index in [9.17, 15) is 19.1 Å². The van der Waals surface area contributed by atoms with E-state index in [0.29, 0.717) is 5.56 Å². The van der Waals surface area contributed by atoms with Crippen LogP contribution < -0.4 is 0 Å². The monoisotopic (exact) mass is 444 g/mol. The third kappa shape index (κ3) is 4.42. The van der Waals surface area contributed by atoms with Crippen LogP contribution in [0.1, 0.15) is 49.1 Å². The molecule has 0 unspecified atom stereocenters. The SMILES string of the molecule is CC(C)(C)c1ccc([C@@H]2C(=C(O)c3ccc(F)cc3)C(=O)C(=O)N2Cc2cccnc2)cc1. The van der Waals surface area contributed by atoms with Gasteiger partial charge < -0.3 is 10.0 Å². The number of rotatable bonds is 4. The summed E-state index contributed by atoms with van der Waals surface area (Å²) in [6.45, 7) is 6.46. The molecule has 1 amide bonds. The minimum Gasteiger partial charge on any atom is -0.507 e. The first-order valence-electron chi connectivity index (χ1n) is 10.7. The Morgan fingerprint density at radius 3 is 2.27 bits per heavy atom. The molecule has 1 saturated heterocycles. The number of hydrogen-bond acceptors (Lipinski definition) is 4. The van der Waals surface area contributed by atoms with Crippen LogP contribution in [-0.4, -0.2) is 26.7 Å². The van der Waals surface area contributed by atoms with Gasteiger partial charge in [0.15, 0.2) is 0 Å². The van der Waals surface area contributed by atoms with Gasteiger partial charge in [-0.3, -0.25) is 14.6 Å². The highest BCUT2D eigenvalue weighted by atomic mass is 19.1. The van der Waals surface area contributed by atoms with E-state index < -0.39 is 23.5 Å². The highest BCUT2D eigenvalue weighted by Gasteiger charge is 2.46. The number of carbonyl (C=O) groups excluding carboxylic acids is 2. The zero-order chi connectivity index (χ0) is 23.8. The predicted molar refractivity (Wildman–Crippen MR) is 124 cm³/mol. The van der Waals surface area contributed by atoms with Crippen LogP contribution in [0.25, 0.3) is 5.76 Å². The maximum absolute atomic E-state index is 13.4. The Balaban J connectivity index is 1.85. The van der Waals surface area contributed by atoms with E-state index in [4.69, 9.17) is 0 Å². The van der Waals surface area contributed by atoms with Crippen LogP contribution >= 0.6 is 0 Å². The molecule has 0 spiro atoms. The number of amides is 1. The number of aromatic nitrogens is 1. The Kier molecular flexibility index (Phi) is 5.85. The van der Waals surface area contributed by atoms with Gasteiger partial charge in [-0.15, -0.1) is 0 Å². The van der Waals surface area contributed by atoms with Crippen molar-refractivity contribution in [2.75, 3.05) is 0 Å². The van der Waals surface area contributed by atoms with Gasteiger partial charge >= 0.3 is 0 Å². The van der Waals surface area contributed by atoms with E-state index in [-0.39, 0.29) is 28.9 Å². The molecule has 33 heavy (non-hydrogen) atoms. The first-order valence-corrected chi connectivity index (χ1v) is 10.7. The molecule has 168 valence electrons. The van der Waals surface area contributed by atoms with Gasteiger partial charge in [-0.2, -0.15) is 0 Å². The fraction of sp³-hybridized carbons (Fsp3) is 0.222. The molecule has 2 aromatic carbocycles. The molecule has 0 radical (unpaired) electrons. The van der Waals surface area contributed by atoms with Crippen LogP contribution in [0.5, 0.6) is 0 Å². The average molecular weight is 445 g/mol. The Bertz CT molecular complexity index is 1210. The fourth-order valence-electron chi connectivity index (χ4n) is 4.01. The van der Waals surface area contributed by atoms with Crippen LogP contribution in [0.4, 0.5) is 4.39 Å². The van der Waals surface area contributed by atoms with E-state index in [0.717, 1.165) is 11.1 Å². The zero-order valence-corrected chi connectivity index (χ0v) is 18.7. The van der Waals surface area contributed by atoms with Gasteiger partial charge in [0.1, 0.15) is 11.6 Å². The number of benzene rings is 2. The molecular formula is C27H25FN2O3. The number of aliphatic hydroxyl groups excluding tert-OH is 1. The molecule has 1 N–H and O–H groups in total. The molecule has 1 atom stereocenters. The molecule has 3 aromatic rings. The Labute approximate surface area is 192 Å². The normalized spacial score (nSPS) is 18.1. The van der Waals surface area contributed by atoms with Crippen molar-refractivity contribution in [3.63, 3.8) is 0 Å². The summed E-state index contributed by atoms with van der Waals surface area (Å²) in [4.78, 5) is 31.7. The first kappa shape index (κ1) is 22.4. The van der Waals surface area contributed by atoms with Gasteiger partial charge in [-0.1, -0.05) is 51.1 Å². The van der Waals surface area contributed by atoms with Crippen LogP contribution in [0.3, 0.4) is 0 Å². The van der Waals surface area contributed by atoms with Gasteiger partial charge in [0, 0.05) is 24.5 Å². The highest BCUT2D eigenvalue weighted by Crippen LogP contribution is 2.40. The predicted octanol–water partition coefficient (Wildman–Crippen LogP) is 5.14. The summed E-state index contributed by atoms with van der Waals surface area (Å²) in [7, 11) is 0. The smallest absolute Gasteiger partial charge is 0.295 e. The number of Topliss-reactive ketones (excluding diaryl/α,β-unsaturated/α-hetero) is 1. The van der Waals surface area contributed by atoms with Crippen molar-refractivity contribution in [2.45, 2.75) is 38.8 Å². The van der Waals surface area contributed by atoms with E-state index in [1.807, 2.05) is 30.3 Å². The van der Waals surface area contributed by atoms with Gasteiger partial charge in [0.2, 0.25) is 0 Å². The molecule has 6 heteroatoms. The second-order valence-electron chi connectivity index (χ2n) is 9.17.